The number of rotatable bonds is 6. The van der Waals surface area contributed by atoms with Crippen LogP contribution < -0.4 is 4.90 Å². The molecule has 0 N–H and O–H groups in total. The highest BCUT2D eigenvalue weighted by atomic mass is 16.4. The van der Waals surface area contributed by atoms with E-state index in [1.54, 1.807) is 0 Å². The molecule has 0 bridgehead atoms. The van der Waals surface area contributed by atoms with Crippen molar-refractivity contribution in [2.45, 2.75) is 0 Å². The molecule has 0 unspecified atom stereocenters. The highest BCUT2D eigenvalue weighted by molar-refractivity contribution is 6.28. The van der Waals surface area contributed by atoms with Gasteiger partial charge < -0.3 is 9.32 Å². The molecular formula is C47H30N2O. The van der Waals surface area contributed by atoms with Crippen LogP contribution in [0.15, 0.2) is 186 Å². The van der Waals surface area contributed by atoms with Crippen LogP contribution in [0.1, 0.15) is 0 Å². The van der Waals surface area contributed by atoms with Gasteiger partial charge in [0.05, 0.1) is 5.69 Å². The maximum atomic E-state index is 6.66. The molecule has 1 heterocycles. The lowest BCUT2D eigenvalue weighted by atomic mass is 9.93. The largest absolute Gasteiger partial charge is 0.435 e. The minimum Gasteiger partial charge on any atom is -0.435 e. The van der Waals surface area contributed by atoms with Crippen molar-refractivity contribution in [3.05, 3.63) is 182 Å². The number of benzene rings is 8. The van der Waals surface area contributed by atoms with Gasteiger partial charge in [0.2, 0.25) is 5.89 Å². The average Bonchev–Trinajstić information content (AvgIpc) is 3.77. The lowest BCUT2D eigenvalue weighted by Crippen LogP contribution is -2.12. The molecule has 0 amide bonds. The summed E-state index contributed by atoms with van der Waals surface area (Å²) < 4.78 is 6.66. The number of aromatic nitrogens is 1. The van der Waals surface area contributed by atoms with E-state index in [1.165, 1.54) is 38.4 Å². The molecule has 8 aromatic carbocycles. The highest BCUT2D eigenvalue weighted by Gasteiger charge is 2.34. The monoisotopic (exact) mass is 638 g/mol. The van der Waals surface area contributed by atoms with Crippen LogP contribution in [-0.2, 0) is 0 Å². The van der Waals surface area contributed by atoms with Gasteiger partial charge in [0.25, 0.3) is 0 Å². The molecule has 3 nitrogen and oxygen atoms in total. The molecule has 0 fully saturated rings. The van der Waals surface area contributed by atoms with Crippen molar-refractivity contribution in [3.63, 3.8) is 0 Å². The van der Waals surface area contributed by atoms with Crippen LogP contribution in [0.5, 0.6) is 0 Å². The molecule has 1 aromatic heterocycles. The number of anilines is 3. The molecule has 9 aromatic rings. The predicted molar refractivity (Wildman–Crippen MR) is 207 cm³/mol. The quantitative estimate of drug-likeness (QED) is 0.170. The third-order valence-electron chi connectivity index (χ3n) is 9.84. The molecule has 50 heavy (non-hydrogen) atoms. The number of oxazole rings is 1. The fraction of sp³-hybridized carbons (Fsp3) is 0. The van der Waals surface area contributed by atoms with E-state index in [2.05, 4.69) is 169 Å². The Kier molecular flexibility index (Phi) is 6.49. The van der Waals surface area contributed by atoms with E-state index in [9.17, 15) is 0 Å². The molecule has 0 aliphatic heterocycles. The van der Waals surface area contributed by atoms with Crippen LogP contribution in [0.25, 0.3) is 77.8 Å². The zero-order valence-corrected chi connectivity index (χ0v) is 27.1. The minimum absolute atomic E-state index is 0.628. The van der Waals surface area contributed by atoms with Gasteiger partial charge in [0, 0.05) is 38.8 Å². The predicted octanol–water partition coefficient (Wildman–Crippen LogP) is 13.1. The first kappa shape index (κ1) is 28.3. The smallest absolute Gasteiger partial charge is 0.227 e. The van der Waals surface area contributed by atoms with Crippen LogP contribution in [0.3, 0.4) is 0 Å². The van der Waals surface area contributed by atoms with Gasteiger partial charge in [0.15, 0.2) is 5.76 Å². The molecule has 0 atom stereocenters. The average molecular weight is 639 g/mol. The van der Waals surface area contributed by atoms with Crippen LogP contribution in [0.2, 0.25) is 0 Å². The molecule has 0 saturated carbocycles. The normalized spacial score (nSPS) is 11.6. The van der Waals surface area contributed by atoms with Crippen molar-refractivity contribution >= 4 is 38.6 Å². The van der Waals surface area contributed by atoms with Gasteiger partial charge in [-0.1, -0.05) is 146 Å². The van der Waals surface area contributed by atoms with Crippen molar-refractivity contribution in [1.82, 2.24) is 4.98 Å². The molecule has 0 saturated heterocycles. The Morgan fingerprint density at radius 2 is 0.880 bits per heavy atom. The Morgan fingerprint density at radius 1 is 0.400 bits per heavy atom. The molecule has 10 rings (SSSR count). The van der Waals surface area contributed by atoms with Gasteiger partial charge in [-0.3, -0.25) is 0 Å². The van der Waals surface area contributed by atoms with Gasteiger partial charge in [-0.05, 0) is 69.4 Å². The SMILES string of the molecule is c1ccc(-c2ccc(N(c3ccc(-c4ccccc4)cc3)c3c4c5c(cccc5c5ccccc35)-c3oc(-c5ccccc5)nc3-4)cc2)cc1. The summed E-state index contributed by atoms with van der Waals surface area (Å²) in [7, 11) is 0. The van der Waals surface area contributed by atoms with E-state index < -0.39 is 0 Å². The third kappa shape index (κ3) is 4.48. The molecule has 1 aliphatic carbocycles. The first-order chi connectivity index (χ1) is 24.8. The number of hydrogen-bond donors (Lipinski definition) is 0. The maximum Gasteiger partial charge on any atom is 0.227 e. The van der Waals surface area contributed by atoms with Crippen molar-refractivity contribution < 1.29 is 4.42 Å². The van der Waals surface area contributed by atoms with Crippen LogP contribution in [0, 0.1) is 0 Å². The van der Waals surface area contributed by atoms with Gasteiger partial charge in [-0.15, -0.1) is 0 Å². The van der Waals surface area contributed by atoms with E-state index in [-0.39, 0.29) is 0 Å². The Labute approximate surface area is 290 Å². The second kappa shape index (κ2) is 11.5. The van der Waals surface area contributed by atoms with Gasteiger partial charge in [0.1, 0.15) is 5.69 Å². The van der Waals surface area contributed by atoms with E-state index >= 15 is 0 Å². The first-order valence-corrected chi connectivity index (χ1v) is 17.0. The summed E-state index contributed by atoms with van der Waals surface area (Å²) in [6.45, 7) is 0. The van der Waals surface area contributed by atoms with Crippen LogP contribution in [-0.4, -0.2) is 4.98 Å². The second-order valence-electron chi connectivity index (χ2n) is 12.7. The molecular weight excluding hydrogens is 609 g/mol. The Hall–Kier alpha value is -6.71. The molecule has 0 radical (unpaired) electrons. The summed E-state index contributed by atoms with van der Waals surface area (Å²) in [5.41, 5.74) is 12.0. The van der Waals surface area contributed by atoms with E-state index in [1.807, 2.05) is 18.2 Å². The summed E-state index contributed by atoms with van der Waals surface area (Å²) in [5, 5.41) is 4.73. The Morgan fingerprint density at radius 3 is 1.46 bits per heavy atom. The van der Waals surface area contributed by atoms with E-state index in [4.69, 9.17) is 9.40 Å². The lowest BCUT2D eigenvalue weighted by Gasteiger charge is -2.29. The van der Waals surface area contributed by atoms with Crippen molar-refractivity contribution in [2.24, 2.45) is 0 Å². The summed E-state index contributed by atoms with van der Waals surface area (Å²) in [4.78, 5) is 7.66. The van der Waals surface area contributed by atoms with Gasteiger partial charge in [-0.2, -0.15) is 0 Å². The second-order valence-corrected chi connectivity index (χ2v) is 12.7. The van der Waals surface area contributed by atoms with E-state index in [0.29, 0.717) is 5.89 Å². The topological polar surface area (TPSA) is 29.3 Å². The summed E-state index contributed by atoms with van der Waals surface area (Å²) in [6, 6.07) is 64.4. The number of hydrogen-bond acceptors (Lipinski definition) is 3. The standard InChI is InChI=1S/C47H30N2O/c1-4-13-31(14-5-1)33-23-27-36(28-24-33)49(37-29-25-34(26-30-37)32-15-6-2-7-16-32)45-40-20-11-10-19-38(40)39-21-12-22-41-42(39)43(45)44-46(41)50-47(48-44)35-17-8-3-9-18-35/h1-30H. The molecule has 234 valence electrons. The number of nitrogens with zero attached hydrogens (tertiary/aromatic N) is 2. The van der Waals surface area contributed by atoms with Gasteiger partial charge in [-0.25, -0.2) is 4.98 Å². The first-order valence-electron chi connectivity index (χ1n) is 17.0. The fourth-order valence-electron chi connectivity index (χ4n) is 7.53. The van der Waals surface area contributed by atoms with Gasteiger partial charge >= 0.3 is 0 Å². The summed E-state index contributed by atoms with van der Waals surface area (Å²) in [5.74, 6) is 1.45. The van der Waals surface area contributed by atoms with E-state index in [0.717, 1.165) is 50.6 Å². The van der Waals surface area contributed by atoms with Crippen molar-refractivity contribution in [2.75, 3.05) is 4.90 Å². The summed E-state index contributed by atoms with van der Waals surface area (Å²) >= 11 is 0. The van der Waals surface area contributed by atoms with Crippen molar-refractivity contribution in [3.8, 4) is 56.3 Å². The lowest BCUT2D eigenvalue weighted by molar-refractivity contribution is 0.590. The highest BCUT2D eigenvalue weighted by Crippen LogP contribution is 2.57. The number of fused-ring (bicyclic) bond motifs is 5. The maximum absolute atomic E-state index is 6.66. The van der Waals surface area contributed by atoms with Crippen molar-refractivity contribution in [1.29, 1.82) is 0 Å². The van der Waals surface area contributed by atoms with Crippen LogP contribution in [0.4, 0.5) is 17.1 Å². The zero-order chi connectivity index (χ0) is 33.0. The van der Waals surface area contributed by atoms with Crippen LogP contribution >= 0.6 is 0 Å². The fourth-order valence-corrected chi connectivity index (χ4v) is 7.53. The Bertz CT molecular complexity index is 2580. The third-order valence-corrected chi connectivity index (χ3v) is 9.84. The Balaban J connectivity index is 1.25. The molecule has 0 spiro atoms. The minimum atomic E-state index is 0.628. The summed E-state index contributed by atoms with van der Waals surface area (Å²) in [6.07, 6.45) is 0. The zero-order valence-electron chi connectivity index (χ0n) is 27.1. The molecule has 1 aliphatic rings. The molecule has 3 heteroatoms.